The Morgan fingerprint density at radius 2 is 2.22 bits per heavy atom. The van der Waals surface area contributed by atoms with Crippen molar-refractivity contribution in [2.24, 2.45) is 7.05 Å². The van der Waals surface area contributed by atoms with Gasteiger partial charge in [0.2, 0.25) is 5.91 Å². The fourth-order valence-electron chi connectivity index (χ4n) is 2.66. The van der Waals surface area contributed by atoms with Crippen LogP contribution in [-0.4, -0.2) is 27.5 Å². The fraction of sp³-hybridized carbons (Fsp3) is 0.312. The van der Waals surface area contributed by atoms with Crippen LogP contribution in [0, 0.1) is 18.3 Å². The van der Waals surface area contributed by atoms with Gasteiger partial charge in [-0.2, -0.15) is 10.4 Å². The average Bonchev–Trinajstić information content (AvgIpc) is 3.03. The summed E-state index contributed by atoms with van der Waals surface area (Å²) in [5.74, 6) is 0.889. The molecule has 1 aromatic heterocycles. The van der Waals surface area contributed by atoms with E-state index in [1.54, 1.807) is 27.8 Å². The Morgan fingerprint density at radius 1 is 1.43 bits per heavy atom. The van der Waals surface area contributed by atoms with Gasteiger partial charge in [0.05, 0.1) is 27.6 Å². The number of aryl methyl sites for hydroxylation is 2. The topological polar surface area (TPSA) is 61.9 Å². The number of rotatable bonds is 3. The van der Waals surface area contributed by atoms with Crippen molar-refractivity contribution in [2.75, 3.05) is 11.4 Å². The van der Waals surface area contributed by atoms with Crippen LogP contribution in [0.3, 0.4) is 0 Å². The highest BCUT2D eigenvalue weighted by molar-refractivity contribution is 8.00. The molecule has 5 nitrogen and oxygen atoms in total. The fourth-order valence-corrected chi connectivity index (χ4v) is 4.05. The minimum Gasteiger partial charge on any atom is -0.296 e. The standard InChI is InChI=1S/C16H15ClN4OS/c1-10-7-15(20(2)19-10)21-6-5-14(16(21)22)23-13-4-3-11(9-18)8-12(13)17/h3-4,7-8,14H,5-6H2,1-2H3/t14-/m1/s1. The zero-order chi connectivity index (χ0) is 16.6. The minimum atomic E-state index is -0.171. The van der Waals surface area contributed by atoms with E-state index in [9.17, 15) is 4.79 Å². The molecule has 0 spiro atoms. The van der Waals surface area contributed by atoms with Crippen molar-refractivity contribution in [1.29, 1.82) is 5.26 Å². The van der Waals surface area contributed by atoms with Crippen LogP contribution >= 0.6 is 23.4 Å². The van der Waals surface area contributed by atoms with Gasteiger partial charge in [-0.05, 0) is 31.5 Å². The number of aromatic nitrogens is 2. The van der Waals surface area contributed by atoms with Gasteiger partial charge in [0.1, 0.15) is 5.82 Å². The van der Waals surface area contributed by atoms with E-state index in [0.29, 0.717) is 17.1 Å². The molecule has 118 valence electrons. The summed E-state index contributed by atoms with van der Waals surface area (Å²) in [6.07, 6.45) is 0.754. The first-order chi connectivity index (χ1) is 11.0. The van der Waals surface area contributed by atoms with Crippen LogP contribution in [0.15, 0.2) is 29.2 Å². The number of benzene rings is 1. The van der Waals surface area contributed by atoms with E-state index in [2.05, 4.69) is 11.2 Å². The highest BCUT2D eigenvalue weighted by Gasteiger charge is 2.35. The largest absolute Gasteiger partial charge is 0.296 e. The van der Waals surface area contributed by atoms with E-state index in [1.807, 2.05) is 20.0 Å². The quantitative estimate of drug-likeness (QED) is 0.856. The van der Waals surface area contributed by atoms with E-state index in [-0.39, 0.29) is 11.2 Å². The lowest BCUT2D eigenvalue weighted by Gasteiger charge is -2.16. The van der Waals surface area contributed by atoms with Gasteiger partial charge in [-0.3, -0.25) is 14.4 Å². The first kappa shape index (κ1) is 15.9. The highest BCUT2D eigenvalue weighted by Crippen LogP contribution is 2.36. The number of amides is 1. The van der Waals surface area contributed by atoms with Gasteiger partial charge >= 0.3 is 0 Å². The lowest BCUT2D eigenvalue weighted by atomic mass is 10.2. The lowest BCUT2D eigenvalue weighted by molar-refractivity contribution is -0.116. The zero-order valence-electron chi connectivity index (χ0n) is 12.8. The second-order valence-electron chi connectivity index (χ2n) is 5.41. The molecule has 7 heteroatoms. The van der Waals surface area contributed by atoms with E-state index in [1.165, 1.54) is 11.8 Å². The van der Waals surface area contributed by atoms with Crippen molar-refractivity contribution >= 4 is 35.1 Å². The van der Waals surface area contributed by atoms with E-state index < -0.39 is 0 Å². The third-order valence-corrected chi connectivity index (χ3v) is 5.50. The molecular formula is C16H15ClN4OS. The summed E-state index contributed by atoms with van der Waals surface area (Å²) in [6, 6.07) is 9.12. The number of carbonyl (C=O) groups is 1. The van der Waals surface area contributed by atoms with Gasteiger partial charge in [-0.25, -0.2) is 0 Å². The molecule has 1 atom stereocenters. The van der Waals surface area contributed by atoms with Crippen molar-refractivity contribution in [3.8, 4) is 6.07 Å². The van der Waals surface area contributed by atoms with Crippen molar-refractivity contribution in [2.45, 2.75) is 23.5 Å². The van der Waals surface area contributed by atoms with Gasteiger partial charge < -0.3 is 0 Å². The second kappa shape index (κ2) is 6.26. The lowest BCUT2D eigenvalue weighted by Crippen LogP contribution is -2.29. The number of nitriles is 1. The maximum Gasteiger partial charge on any atom is 0.241 e. The molecule has 0 radical (unpaired) electrons. The van der Waals surface area contributed by atoms with Crippen molar-refractivity contribution in [1.82, 2.24) is 9.78 Å². The molecule has 1 fully saturated rings. The van der Waals surface area contributed by atoms with Crippen molar-refractivity contribution in [3.63, 3.8) is 0 Å². The van der Waals surface area contributed by atoms with Gasteiger partial charge in [0, 0.05) is 24.6 Å². The molecule has 0 N–H and O–H groups in total. The van der Waals surface area contributed by atoms with E-state index >= 15 is 0 Å². The number of carbonyl (C=O) groups excluding carboxylic acids is 1. The molecule has 1 aliphatic rings. The summed E-state index contributed by atoms with van der Waals surface area (Å²) in [4.78, 5) is 15.3. The molecule has 1 aromatic carbocycles. The first-order valence-corrected chi connectivity index (χ1v) is 8.43. The van der Waals surface area contributed by atoms with Crippen LogP contribution in [0.1, 0.15) is 17.7 Å². The monoisotopic (exact) mass is 346 g/mol. The van der Waals surface area contributed by atoms with Crippen LogP contribution in [0.2, 0.25) is 5.02 Å². The Labute approximate surface area is 143 Å². The van der Waals surface area contributed by atoms with Crippen molar-refractivity contribution in [3.05, 3.63) is 40.5 Å². The number of anilines is 1. The Bertz CT molecular complexity index is 811. The summed E-state index contributed by atoms with van der Waals surface area (Å²) in [5, 5.41) is 13.5. The molecule has 1 aliphatic heterocycles. The predicted molar refractivity (Wildman–Crippen MR) is 90.7 cm³/mol. The summed E-state index contributed by atoms with van der Waals surface area (Å²) in [6.45, 7) is 2.58. The molecule has 3 rings (SSSR count). The van der Waals surface area contributed by atoms with Gasteiger partial charge in [0.15, 0.2) is 0 Å². The van der Waals surface area contributed by atoms with E-state index in [0.717, 1.165) is 22.8 Å². The van der Waals surface area contributed by atoms with Crippen molar-refractivity contribution < 1.29 is 4.79 Å². The third kappa shape index (κ3) is 3.07. The zero-order valence-corrected chi connectivity index (χ0v) is 14.4. The molecule has 0 aliphatic carbocycles. The SMILES string of the molecule is Cc1cc(N2CC[C@@H](Sc3ccc(C#N)cc3Cl)C2=O)n(C)n1. The Balaban J connectivity index is 1.77. The smallest absolute Gasteiger partial charge is 0.241 e. The summed E-state index contributed by atoms with van der Waals surface area (Å²) >= 11 is 7.66. The molecule has 0 unspecified atom stereocenters. The molecule has 1 amide bonds. The summed E-state index contributed by atoms with van der Waals surface area (Å²) < 4.78 is 1.73. The number of halogens is 1. The Hall–Kier alpha value is -1.97. The maximum atomic E-state index is 12.7. The Kier molecular flexibility index (Phi) is 4.33. The molecule has 0 bridgehead atoms. The van der Waals surface area contributed by atoms with Crippen LogP contribution in [0.25, 0.3) is 0 Å². The average molecular weight is 347 g/mol. The van der Waals surface area contributed by atoms with Crippen LogP contribution in [0.4, 0.5) is 5.82 Å². The highest BCUT2D eigenvalue weighted by atomic mass is 35.5. The minimum absolute atomic E-state index is 0.0680. The number of nitrogens with zero attached hydrogens (tertiary/aromatic N) is 4. The van der Waals surface area contributed by atoms with Crippen LogP contribution in [-0.2, 0) is 11.8 Å². The molecule has 0 saturated carbocycles. The molecular weight excluding hydrogens is 332 g/mol. The van der Waals surface area contributed by atoms with E-state index in [4.69, 9.17) is 16.9 Å². The van der Waals surface area contributed by atoms with Gasteiger partial charge in [-0.1, -0.05) is 11.6 Å². The first-order valence-electron chi connectivity index (χ1n) is 7.18. The molecule has 2 heterocycles. The normalized spacial score (nSPS) is 17.6. The van der Waals surface area contributed by atoms with Crippen LogP contribution < -0.4 is 4.90 Å². The summed E-state index contributed by atoms with van der Waals surface area (Å²) in [5.41, 5.74) is 1.41. The second-order valence-corrected chi connectivity index (χ2v) is 7.06. The van der Waals surface area contributed by atoms with Gasteiger partial charge in [-0.15, -0.1) is 11.8 Å². The summed E-state index contributed by atoms with van der Waals surface area (Å²) in [7, 11) is 1.84. The molecule has 1 saturated heterocycles. The maximum absolute atomic E-state index is 12.7. The van der Waals surface area contributed by atoms with Gasteiger partial charge in [0.25, 0.3) is 0 Å². The molecule has 23 heavy (non-hydrogen) atoms. The third-order valence-electron chi connectivity index (χ3n) is 3.74. The molecule has 2 aromatic rings. The number of hydrogen-bond donors (Lipinski definition) is 0. The number of hydrogen-bond acceptors (Lipinski definition) is 4. The predicted octanol–water partition coefficient (Wildman–Crippen LogP) is 3.15. The Morgan fingerprint density at radius 3 is 2.83 bits per heavy atom. The van der Waals surface area contributed by atoms with Crippen LogP contribution in [0.5, 0.6) is 0 Å². The number of thioether (sulfide) groups is 1.